The first-order valence-corrected chi connectivity index (χ1v) is 32.3. The smallest absolute Gasteiger partial charge is 0.235 e. The van der Waals surface area contributed by atoms with Crippen molar-refractivity contribution in [2.24, 2.45) is 0 Å². The number of fused-ring (bicyclic) bond motifs is 13. The predicted octanol–water partition coefficient (Wildman–Crippen LogP) is 22.4. The summed E-state index contributed by atoms with van der Waals surface area (Å²) in [6, 6.07) is 107. The number of aromatic nitrogens is 8. The maximum absolute atomic E-state index is 5.40. The molecular weight excluding hydrogens is 1170 g/mol. The Morgan fingerprint density at radius 1 is 0.260 bits per heavy atom. The third-order valence-corrected chi connectivity index (χ3v) is 18.9. The number of hydrogen-bond donors (Lipinski definition) is 0. The molecule has 96 heavy (non-hydrogen) atoms. The first kappa shape index (κ1) is 55.8. The van der Waals surface area contributed by atoms with Gasteiger partial charge in [-0.15, -0.1) is 0 Å². The van der Waals surface area contributed by atoms with Crippen LogP contribution >= 0.6 is 0 Å². The highest BCUT2D eigenvalue weighted by Crippen LogP contribution is 2.42. The van der Waals surface area contributed by atoms with Crippen LogP contribution < -0.4 is 0 Å². The number of nitrogens with zero attached hydrogens (tertiary/aromatic N) is 8. The topological polar surface area (TPSA) is 71.3 Å². The number of hydrogen-bond acceptors (Lipinski definition) is 4. The number of rotatable bonds is 10. The fraction of sp³-hybridized carbons (Fsp3) is 0. The molecule has 6 heterocycles. The molecule has 450 valence electrons. The van der Waals surface area contributed by atoms with Gasteiger partial charge in [-0.05, 0) is 135 Å². The highest BCUT2D eigenvalue weighted by atomic mass is 15.2. The van der Waals surface area contributed by atoms with E-state index in [0.29, 0.717) is 11.9 Å². The van der Waals surface area contributed by atoms with Crippen molar-refractivity contribution in [3.8, 4) is 68.0 Å². The summed E-state index contributed by atoms with van der Waals surface area (Å²) in [5.41, 5.74) is 21.5. The molecule has 6 aromatic heterocycles. The second-order valence-electron chi connectivity index (χ2n) is 24.3. The van der Waals surface area contributed by atoms with Crippen molar-refractivity contribution in [1.29, 1.82) is 0 Å². The Balaban J connectivity index is 0.000000140. The zero-order valence-corrected chi connectivity index (χ0v) is 52.2. The fourth-order valence-corrected chi connectivity index (χ4v) is 14.3. The molecule has 0 aliphatic rings. The summed E-state index contributed by atoms with van der Waals surface area (Å²) in [5.74, 6) is 1.31. The molecule has 0 radical (unpaired) electrons. The summed E-state index contributed by atoms with van der Waals surface area (Å²) in [5, 5.41) is 11.4. The van der Waals surface area contributed by atoms with Gasteiger partial charge < -0.3 is 9.13 Å². The second kappa shape index (κ2) is 23.0. The molecule has 8 nitrogen and oxygen atoms in total. The molecule has 19 aromatic rings. The van der Waals surface area contributed by atoms with Crippen LogP contribution in [0.2, 0.25) is 0 Å². The summed E-state index contributed by atoms with van der Waals surface area (Å²) in [6.07, 6.45) is 8.05. The van der Waals surface area contributed by atoms with Gasteiger partial charge >= 0.3 is 0 Å². The molecule has 8 heteroatoms. The van der Waals surface area contributed by atoms with Crippen LogP contribution in [0, 0.1) is 0 Å². The molecule has 19 rings (SSSR count). The van der Waals surface area contributed by atoms with Gasteiger partial charge in [-0.3, -0.25) is 9.13 Å². The Hall–Kier alpha value is -13.0. The van der Waals surface area contributed by atoms with Crippen LogP contribution in [0.5, 0.6) is 0 Å². The monoisotopic (exact) mass is 1230 g/mol. The quantitative estimate of drug-likeness (QED) is 0.137. The van der Waals surface area contributed by atoms with E-state index in [2.05, 4.69) is 335 Å². The molecule has 0 atom stereocenters. The molecule has 0 unspecified atom stereocenters. The van der Waals surface area contributed by atoms with Crippen LogP contribution in [-0.2, 0) is 0 Å². The van der Waals surface area contributed by atoms with Gasteiger partial charge in [0.1, 0.15) is 0 Å². The molecule has 0 aliphatic carbocycles. The number of benzene rings is 13. The average Bonchev–Trinajstić information content (AvgIpc) is 1.56. The zero-order valence-electron chi connectivity index (χ0n) is 52.2. The van der Waals surface area contributed by atoms with Crippen LogP contribution in [0.3, 0.4) is 0 Å². The van der Waals surface area contributed by atoms with E-state index in [4.69, 9.17) is 19.9 Å². The van der Waals surface area contributed by atoms with E-state index < -0.39 is 0 Å². The summed E-state index contributed by atoms with van der Waals surface area (Å²) in [7, 11) is 0. The lowest BCUT2D eigenvalue weighted by Gasteiger charge is -2.13. The molecular formula is C88H58N8. The molecule has 0 aliphatic heterocycles. The molecule has 0 spiro atoms. The van der Waals surface area contributed by atoms with Crippen LogP contribution in [0.25, 0.3) is 178 Å². The Labute approximate surface area is 553 Å². The molecule has 0 saturated carbocycles. The van der Waals surface area contributed by atoms with Gasteiger partial charge in [-0.25, -0.2) is 19.9 Å². The largest absolute Gasteiger partial charge is 0.316 e. The predicted molar refractivity (Wildman–Crippen MR) is 401 cm³/mol. The van der Waals surface area contributed by atoms with Gasteiger partial charge in [0.2, 0.25) is 11.9 Å². The lowest BCUT2D eigenvalue weighted by Crippen LogP contribution is -2.03. The Morgan fingerprint density at radius 2 is 0.667 bits per heavy atom. The third kappa shape index (κ3) is 9.30. The molecule has 0 bridgehead atoms. The highest BCUT2D eigenvalue weighted by molar-refractivity contribution is 6.20. The van der Waals surface area contributed by atoms with Crippen molar-refractivity contribution < 1.29 is 0 Å². The molecule has 0 amide bonds. The molecule has 0 N–H and O–H groups in total. The average molecular weight is 1230 g/mol. The van der Waals surface area contributed by atoms with E-state index in [1.807, 2.05) is 24.3 Å². The van der Waals surface area contributed by atoms with E-state index >= 15 is 0 Å². The maximum atomic E-state index is 5.40. The lowest BCUT2D eigenvalue weighted by molar-refractivity contribution is 1.02. The Bertz CT molecular complexity index is 6290. The minimum absolute atomic E-state index is 0.648. The number of para-hydroxylation sites is 6. The first-order valence-electron chi connectivity index (χ1n) is 32.3. The van der Waals surface area contributed by atoms with E-state index in [-0.39, 0.29) is 0 Å². The zero-order chi connectivity index (χ0) is 63.8. The van der Waals surface area contributed by atoms with Crippen LogP contribution in [-0.4, -0.2) is 38.2 Å². The maximum Gasteiger partial charge on any atom is 0.235 e. The van der Waals surface area contributed by atoms with Gasteiger partial charge in [0.15, 0.2) is 0 Å². The summed E-state index contributed by atoms with van der Waals surface area (Å²) < 4.78 is 8.99. The minimum atomic E-state index is 0.648. The summed E-state index contributed by atoms with van der Waals surface area (Å²) in [4.78, 5) is 21.2. The highest BCUT2D eigenvalue weighted by Gasteiger charge is 2.23. The van der Waals surface area contributed by atoms with Crippen molar-refractivity contribution in [2.45, 2.75) is 0 Å². The van der Waals surface area contributed by atoms with Crippen molar-refractivity contribution >= 4 is 110 Å². The van der Waals surface area contributed by atoms with Crippen molar-refractivity contribution in [2.75, 3.05) is 0 Å². The van der Waals surface area contributed by atoms with Crippen molar-refractivity contribution in [1.82, 2.24) is 38.2 Å². The lowest BCUT2D eigenvalue weighted by atomic mass is 9.97. The second-order valence-corrected chi connectivity index (χ2v) is 24.3. The van der Waals surface area contributed by atoms with Crippen LogP contribution in [0.1, 0.15) is 11.1 Å². The van der Waals surface area contributed by atoms with E-state index in [1.54, 1.807) is 0 Å². The minimum Gasteiger partial charge on any atom is -0.316 e. The summed E-state index contributed by atoms with van der Waals surface area (Å²) >= 11 is 0. The van der Waals surface area contributed by atoms with Gasteiger partial charge in [-0.1, -0.05) is 238 Å². The van der Waals surface area contributed by atoms with E-state index in [1.165, 1.54) is 43.4 Å². The van der Waals surface area contributed by atoms with Gasteiger partial charge in [0.05, 0.1) is 55.5 Å². The van der Waals surface area contributed by atoms with E-state index in [0.717, 1.165) is 122 Å². The summed E-state index contributed by atoms with van der Waals surface area (Å²) in [6.45, 7) is 7.93. The van der Waals surface area contributed by atoms with Crippen LogP contribution in [0.15, 0.2) is 329 Å². The van der Waals surface area contributed by atoms with E-state index in [9.17, 15) is 0 Å². The Kier molecular flexibility index (Phi) is 13.3. The third-order valence-electron chi connectivity index (χ3n) is 18.9. The van der Waals surface area contributed by atoms with Crippen molar-refractivity contribution in [3.63, 3.8) is 0 Å². The molecule has 0 saturated heterocycles. The van der Waals surface area contributed by atoms with Crippen LogP contribution in [0.4, 0.5) is 0 Å². The standard InChI is InChI=1S/C44H28N4.C44H30N4/c1-3-11-29(12-4-1)30-19-20-32-28-33(22-21-31(32)27-30)42-37-16-7-9-17-39(37)45-44(46-42)48-41-18-10-8-15-35(41)36-23-24-40-38(43(36)48)25-26-47(40)34-13-5-2-6-14-34;1-3-29-18-23-33(28-30(29)4-2)31-19-21-32(22-20-31)42-37-15-8-10-16-39(37)45-44(46-42)48-41-17-11-9-14-35(41)36-24-25-40-38(43(36)48)26-27-47(40)34-12-6-5-7-13-34/h1-28H;3-28H,1-2H2. The molecule has 0 fully saturated rings. The van der Waals surface area contributed by atoms with Crippen molar-refractivity contribution in [3.05, 3.63) is 340 Å². The first-order chi connectivity index (χ1) is 47.5. The normalized spacial score (nSPS) is 11.6. The fourth-order valence-electron chi connectivity index (χ4n) is 14.3. The van der Waals surface area contributed by atoms with Gasteiger partial charge in [-0.2, -0.15) is 0 Å². The molecule has 13 aromatic carbocycles. The Morgan fingerprint density at radius 3 is 1.20 bits per heavy atom. The van der Waals surface area contributed by atoms with Gasteiger partial charge in [0.25, 0.3) is 0 Å². The van der Waals surface area contributed by atoms with Gasteiger partial charge in [0, 0.05) is 78.0 Å². The SMILES string of the molecule is C=Cc1ccc(-c2ccc(-c3nc(-n4c5ccccc5c5ccc6c(ccn6-c6ccccc6)c54)nc4ccccc34)cc2)cc1C=C.c1ccc(-c2ccc3cc(-c4nc(-n5c6ccccc6c6ccc7c(ccn7-c7ccccc7)c65)nc5ccccc45)ccc3c2)cc1.